The van der Waals surface area contributed by atoms with Crippen LogP contribution >= 0.6 is 23.2 Å². The van der Waals surface area contributed by atoms with Crippen molar-refractivity contribution in [2.24, 2.45) is 0 Å². The van der Waals surface area contributed by atoms with Gasteiger partial charge in [-0.1, -0.05) is 35.3 Å². The number of imidazole rings is 1. The fourth-order valence-corrected chi connectivity index (χ4v) is 2.27. The number of aromatic nitrogens is 2. The summed E-state index contributed by atoms with van der Waals surface area (Å²) in [6, 6.07) is 10.4. The molecule has 1 aromatic carbocycles. The molecule has 2 aromatic heterocycles. The van der Waals surface area contributed by atoms with Crippen LogP contribution in [-0.2, 0) is 0 Å². The number of halogens is 2. The summed E-state index contributed by atoms with van der Waals surface area (Å²) in [5, 5.41) is 3.46. The van der Waals surface area contributed by atoms with E-state index in [-0.39, 0.29) is 5.91 Å². The molecule has 0 bridgehead atoms. The van der Waals surface area contributed by atoms with Crippen molar-refractivity contribution in [3.63, 3.8) is 0 Å². The van der Waals surface area contributed by atoms with E-state index in [1.54, 1.807) is 47.1 Å². The molecule has 3 aromatic rings. The predicted molar refractivity (Wildman–Crippen MR) is 79.6 cm³/mol. The molecule has 0 aliphatic rings. The molecule has 2 heterocycles. The first kappa shape index (κ1) is 13.0. The Balaban J connectivity index is 1.97. The number of hydrogen-bond acceptors (Lipinski definition) is 2. The maximum absolute atomic E-state index is 12.3. The lowest BCUT2D eigenvalue weighted by molar-refractivity contribution is 0.102. The van der Waals surface area contributed by atoms with Crippen molar-refractivity contribution in [2.45, 2.75) is 0 Å². The van der Waals surface area contributed by atoms with Crippen molar-refractivity contribution in [3.05, 3.63) is 64.5 Å². The molecule has 0 saturated carbocycles. The van der Waals surface area contributed by atoms with E-state index in [0.717, 1.165) is 0 Å². The van der Waals surface area contributed by atoms with Crippen molar-refractivity contribution in [1.82, 2.24) is 9.38 Å². The third kappa shape index (κ3) is 2.24. The Bertz CT molecular complexity index is 798. The van der Waals surface area contributed by atoms with Crippen LogP contribution in [0.5, 0.6) is 0 Å². The Morgan fingerprint density at radius 3 is 2.80 bits per heavy atom. The van der Waals surface area contributed by atoms with Gasteiger partial charge in [0.15, 0.2) is 0 Å². The second-order valence-corrected chi connectivity index (χ2v) is 4.91. The van der Waals surface area contributed by atoms with Crippen molar-refractivity contribution in [3.8, 4) is 0 Å². The lowest BCUT2D eigenvalue weighted by Crippen LogP contribution is -2.15. The lowest BCUT2D eigenvalue weighted by atomic mass is 10.3. The fraction of sp³-hybridized carbons (Fsp3) is 0. The number of rotatable bonds is 2. The average molecular weight is 306 g/mol. The van der Waals surface area contributed by atoms with Gasteiger partial charge in [0, 0.05) is 12.4 Å². The maximum Gasteiger partial charge on any atom is 0.272 e. The summed E-state index contributed by atoms with van der Waals surface area (Å²) in [6.45, 7) is 0. The van der Waals surface area contributed by atoms with Crippen molar-refractivity contribution in [1.29, 1.82) is 0 Å². The van der Waals surface area contributed by atoms with E-state index in [9.17, 15) is 4.79 Å². The molecule has 1 N–H and O–H groups in total. The van der Waals surface area contributed by atoms with Gasteiger partial charge in [0.2, 0.25) is 0 Å². The van der Waals surface area contributed by atoms with Crippen LogP contribution in [0.4, 0.5) is 5.69 Å². The quantitative estimate of drug-likeness (QED) is 0.780. The van der Waals surface area contributed by atoms with Gasteiger partial charge in [-0.25, -0.2) is 4.98 Å². The zero-order valence-electron chi connectivity index (χ0n) is 10.2. The van der Waals surface area contributed by atoms with E-state index < -0.39 is 0 Å². The SMILES string of the molecule is O=C(Nc1cccc(Cl)c1Cl)c1cccc2nccn12. The number of hydrogen-bond donors (Lipinski definition) is 1. The summed E-state index contributed by atoms with van der Waals surface area (Å²) in [5.74, 6) is -0.280. The van der Waals surface area contributed by atoms with Crippen LogP contribution in [0.3, 0.4) is 0 Å². The van der Waals surface area contributed by atoms with E-state index in [1.807, 2.05) is 6.07 Å². The Hall–Kier alpha value is -2.04. The molecule has 0 unspecified atom stereocenters. The van der Waals surface area contributed by atoms with E-state index in [2.05, 4.69) is 10.3 Å². The van der Waals surface area contributed by atoms with E-state index >= 15 is 0 Å². The smallest absolute Gasteiger partial charge is 0.272 e. The summed E-state index contributed by atoms with van der Waals surface area (Å²) in [7, 11) is 0. The van der Waals surface area contributed by atoms with Gasteiger partial charge in [-0.05, 0) is 24.3 Å². The number of benzene rings is 1. The topological polar surface area (TPSA) is 46.4 Å². The second kappa shape index (κ2) is 5.15. The Kier molecular flexibility index (Phi) is 3.34. The Labute approximate surface area is 125 Å². The highest BCUT2D eigenvalue weighted by Gasteiger charge is 2.12. The maximum atomic E-state index is 12.3. The number of carbonyl (C=O) groups is 1. The molecule has 3 rings (SSSR count). The monoisotopic (exact) mass is 305 g/mol. The number of amides is 1. The highest BCUT2D eigenvalue weighted by molar-refractivity contribution is 6.44. The molecule has 0 spiro atoms. The third-order valence-corrected chi connectivity index (χ3v) is 3.68. The lowest BCUT2D eigenvalue weighted by Gasteiger charge is -2.09. The highest BCUT2D eigenvalue weighted by atomic mass is 35.5. The van der Waals surface area contributed by atoms with Crippen molar-refractivity contribution in [2.75, 3.05) is 5.32 Å². The van der Waals surface area contributed by atoms with Crippen molar-refractivity contribution < 1.29 is 4.79 Å². The summed E-state index contributed by atoms with van der Waals surface area (Å²) in [4.78, 5) is 16.5. The summed E-state index contributed by atoms with van der Waals surface area (Å²) < 4.78 is 1.70. The van der Waals surface area contributed by atoms with Gasteiger partial charge in [0.25, 0.3) is 5.91 Å². The molecular formula is C14H9Cl2N3O. The Morgan fingerprint density at radius 2 is 1.95 bits per heavy atom. The molecular weight excluding hydrogens is 297 g/mol. The third-order valence-electron chi connectivity index (χ3n) is 2.86. The van der Waals surface area contributed by atoms with Gasteiger partial charge in [0.1, 0.15) is 11.3 Å². The largest absolute Gasteiger partial charge is 0.319 e. The van der Waals surface area contributed by atoms with E-state index in [0.29, 0.717) is 27.1 Å². The summed E-state index contributed by atoms with van der Waals surface area (Å²) in [6.07, 6.45) is 3.36. The van der Waals surface area contributed by atoms with Crippen LogP contribution in [0.15, 0.2) is 48.8 Å². The number of carbonyl (C=O) groups excluding carboxylic acids is 1. The first-order valence-corrected chi connectivity index (χ1v) is 6.60. The van der Waals surface area contributed by atoms with Gasteiger partial charge in [-0.2, -0.15) is 0 Å². The minimum atomic E-state index is -0.280. The van der Waals surface area contributed by atoms with Crippen LogP contribution in [0.2, 0.25) is 10.0 Å². The number of nitrogens with zero attached hydrogens (tertiary/aromatic N) is 2. The van der Waals surface area contributed by atoms with E-state index in [4.69, 9.17) is 23.2 Å². The standard InChI is InChI=1S/C14H9Cl2N3O/c15-9-3-1-4-10(13(9)16)18-14(20)11-5-2-6-12-17-7-8-19(11)12/h1-8H,(H,18,20). The molecule has 20 heavy (non-hydrogen) atoms. The Morgan fingerprint density at radius 1 is 1.15 bits per heavy atom. The molecule has 6 heteroatoms. The fourth-order valence-electron chi connectivity index (χ4n) is 1.92. The first-order valence-electron chi connectivity index (χ1n) is 5.84. The molecule has 100 valence electrons. The van der Waals surface area contributed by atoms with Gasteiger partial charge < -0.3 is 5.32 Å². The minimum Gasteiger partial charge on any atom is -0.319 e. The molecule has 4 nitrogen and oxygen atoms in total. The average Bonchev–Trinajstić information content (AvgIpc) is 2.92. The van der Waals surface area contributed by atoms with Crippen LogP contribution < -0.4 is 5.32 Å². The molecule has 0 radical (unpaired) electrons. The van der Waals surface area contributed by atoms with Crippen LogP contribution in [-0.4, -0.2) is 15.3 Å². The van der Waals surface area contributed by atoms with Gasteiger partial charge in [-0.15, -0.1) is 0 Å². The number of pyridine rings is 1. The molecule has 0 aliphatic heterocycles. The predicted octanol–water partition coefficient (Wildman–Crippen LogP) is 3.89. The molecule has 0 aliphatic carbocycles. The van der Waals surface area contributed by atoms with Crippen LogP contribution in [0.25, 0.3) is 5.65 Å². The van der Waals surface area contributed by atoms with E-state index in [1.165, 1.54) is 0 Å². The van der Waals surface area contributed by atoms with Crippen molar-refractivity contribution >= 4 is 40.4 Å². The highest BCUT2D eigenvalue weighted by Crippen LogP contribution is 2.29. The molecule has 0 atom stereocenters. The second-order valence-electron chi connectivity index (χ2n) is 4.12. The zero-order chi connectivity index (χ0) is 14.1. The van der Waals surface area contributed by atoms with Gasteiger partial charge >= 0.3 is 0 Å². The minimum absolute atomic E-state index is 0.280. The summed E-state index contributed by atoms with van der Waals surface area (Å²) >= 11 is 12.0. The number of fused-ring (bicyclic) bond motifs is 1. The normalized spacial score (nSPS) is 10.7. The molecule has 1 amide bonds. The number of nitrogens with one attached hydrogen (secondary N) is 1. The van der Waals surface area contributed by atoms with Crippen LogP contribution in [0.1, 0.15) is 10.5 Å². The first-order chi connectivity index (χ1) is 9.66. The van der Waals surface area contributed by atoms with Gasteiger partial charge in [0.05, 0.1) is 15.7 Å². The summed E-state index contributed by atoms with van der Waals surface area (Å²) in [5.41, 5.74) is 1.65. The number of anilines is 1. The van der Waals surface area contributed by atoms with Gasteiger partial charge in [-0.3, -0.25) is 9.20 Å². The zero-order valence-corrected chi connectivity index (χ0v) is 11.7. The van der Waals surface area contributed by atoms with Crippen LogP contribution in [0, 0.1) is 0 Å². The molecule has 0 fully saturated rings. The molecule has 0 saturated heterocycles.